The molecule has 0 radical (unpaired) electrons. The molecule has 1 aliphatic heterocycles. The maximum absolute atomic E-state index is 13.9. The highest BCUT2D eigenvalue weighted by molar-refractivity contribution is 6.01. The number of ether oxygens (including phenoxy) is 3. The fourth-order valence-corrected chi connectivity index (χ4v) is 5.68. The standard InChI is InChI=1S/C34H32N2O4/c1-38-30-15-9-6-12-25(30)24-18-28-33(29(37)19-24)34(36-27-14-8-7-13-26(27)35-28)23-16-17-31(32(20-23)39-2)40-21-22-10-4-3-5-11-22/h3-17,20,24,34-36H,18-19,21H2,1-2H3. The van der Waals surface area contributed by atoms with Crippen molar-refractivity contribution in [1.82, 2.24) is 0 Å². The van der Waals surface area contributed by atoms with Gasteiger partial charge in [0.25, 0.3) is 0 Å². The van der Waals surface area contributed by atoms with Gasteiger partial charge in [-0.15, -0.1) is 0 Å². The third-order valence-electron chi connectivity index (χ3n) is 7.65. The lowest BCUT2D eigenvalue weighted by atomic mass is 9.78. The summed E-state index contributed by atoms with van der Waals surface area (Å²) in [4.78, 5) is 13.9. The Morgan fingerprint density at radius 3 is 2.27 bits per heavy atom. The molecular formula is C34H32N2O4. The number of carbonyl (C=O) groups excluding carboxylic acids is 1. The van der Waals surface area contributed by atoms with Gasteiger partial charge in [-0.05, 0) is 53.4 Å². The zero-order valence-corrected chi connectivity index (χ0v) is 22.6. The Balaban J connectivity index is 1.37. The van der Waals surface area contributed by atoms with Crippen LogP contribution in [0.3, 0.4) is 0 Å². The molecule has 0 saturated carbocycles. The lowest BCUT2D eigenvalue weighted by molar-refractivity contribution is -0.116. The van der Waals surface area contributed by atoms with E-state index in [1.165, 1.54) is 0 Å². The smallest absolute Gasteiger partial charge is 0.163 e. The van der Waals surface area contributed by atoms with E-state index in [2.05, 4.69) is 16.7 Å². The highest BCUT2D eigenvalue weighted by Gasteiger charge is 2.37. The minimum atomic E-state index is -0.352. The quantitative estimate of drug-likeness (QED) is 0.261. The molecule has 2 atom stereocenters. The molecule has 2 unspecified atom stereocenters. The number of nitrogens with one attached hydrogen (secondary N) is 2. The molecule has 0 spiro atoms. The normalized spacial score (nSPS) is 18.0. The second-order valence-corrected chi connectivity index (χ2v) is 10.1. The first kappa shape index (κ1) is 25.6. The molecule has 2 N–H and O–H groups in total. The third kappa shape index (κ3) is 5.00. The van der Waals surface area contributed by atoms with Crippen molar-refractivity contribution in [2.75, 3.05) is 24.9 Å². The average molecular weight is 533 g/mol. The number of hydrogen-bond acceptors (Lipinski definition) is 6. The Labute approximate surface area is 234 Å². The van der Waals surface area contributed by atoms with Crippen LogP contribution in [0.1, 0.15) is 41.5 Å². The van der Waals surface area contributed by atoms with Crippen molar-refractivity contribution in [3.8, 4) is 17.2 Å². The minimum Gasteiger partial charge on any atom is -0.496 e. The molecule has 2 aliphatic rings. The van der Waals surface area contributed by atoms with Crippen LogP contribution in [0.4, 0.5) is 11.4 Å². The van der Waals surface area contributed by atoms with E-state index >= 15 is 0 Å². The van der Waals surface area contributed by atoms with Gasteiger partial charge in [-0.1, -0.05) is 66.7 Å². The molecule has 0 amide bonds. The number of ketones is 1. The molecule has 4 aromatic rings. The zero-order valence-electron chi connectivity index (χ0n) is 22.6. The number of fused-ring (bicyclic) bond motifs is 1. The van der Waals surface area contributed by atoms with Crippen LogP contribution in [0.15, 0.2) is 108 Å². The van der Waals surface area contributed by atoms with Crippen molar-refractivity contribution in [2.24, 2.45) is 0 Å². The predicted molar refractivity (Wildman–Crippen MR) is 157 cm³/mol. The van der Waals surface area contributed by atoms with Crippen LogP contribution in [0, 0.1) is 0 Å². The topological polar surface area (TPSA) is 68.8 Å². The number of para-hydroxylation sites is 3. The Morgan fingerprint density at radius 1 is 0.750 bits per heavy atom. The van der Waals surface area contributed by atoms with Crippen LogP contribution >= 0.6 is 0 Å². The van der Waals surface area contributed by atoms with Crippen molar-refractivity contribution in [2.45, 2.75) is 31.4 Å². The molecule has 1 aliphatic carbocycles. The van der Waals surface area contributed by atoms with Crippen molar-refractivity contribution in [3.63, 3.8) is 0 Å². The van der Waals surface area contributed by atoms with E-state index in [0.29, 0.717) is 30.9 Å². The molecule has 0 saturated heterocycles. The highest BCUT2D eigenvalue weighted by Crippen LogP contribution is 2.46. The third-order valence-corrected chi connectivity index (χ3v) is 7.65. The first-order chi connectivity index (χ1) is 19.6. The number of allylic oxidation sites excluding steroid dienone is 1. The van der Waals surface area contributed by atoms with Gasteiger partial charge in [0.2, 0.25) is 0 Å². The summed E-state index contributed by atoms with van der Waals surface area (Å²) in [5.74, 6) is 2.21. The van der Waals surface area contributed by atoms with Crippen molar-refractivity contribution in [1.29, 1.82) is 0 Å². The van der Waals surface area contributed by atoms with Crippen molar-refractivity contribution in [3.05, 3.63) is 125 Å². The van der Waals surface area contributed by atoms with E-state index in [1.807, 2.05) is 91.0 Å². The van der Waals surface area contributed by atoms with E-state index < -0.39 is 0 Å². The van der Waals surface area contributed by atoms with Gasteiger partial charge in [0.15, 0.2) is 17.3 Å². The van der Waals surface area contributed by atoms with Gasteiger partial charge in [0.1, 0.15) is 12.4 Å². The lowest BCUT2D eigenvalue weighted by Crippen LogP contribution is -2.27. The molecule has 6 rings (SSSR count). The molecule has 0 fully saturated rings. The summed E-state index contributed by atoms with van der Waals surface area (Å²) in [5, 5.41) is 7.26. The Bertz CT molecular complexity index is 1560. The number of benzene rings is 4. The maximum atomic E-state index is 13.9. The van der Waals surface area contributed by atoms with Gasteiger partial charge in [0, 0.05) is 23.6 Å². The van der Waals surface area contributed by atoms with E-state index in [4.69, 9.17) is 14.2 Å². The van der Waals surface area contributed by atoms with Crippen LogP contribution in [0.2, 0.25) is 0 Å². The Hall–Kier alpha value is -4.71. The van der Waals surface area contributed by atoms with Crippen LogP contribution in [-0.4, -0.2) is 20.0 Å². The van der Waals surface area contributed by atoms with E-state index in [-0.39, 0.29) is 17.7 Å². The largest absolute Gasteiger partial charge is 0.496 e. The molecule has 1 heterocycles. The molecular weight excluding hydrogens is 500 g/mol. The van der Waals surface area contributed by atoms with Gasteiger partial charge in [-0.3, -0.25) is 4.79 Å². The van der Waals surface area contributed by atoms with Crippen LogP contribution in [0.25, 0.3) is 0 Å². The van der Waals surface area contributed by atoms with E-state index in [9.17, 15) is 4.79 Å². The minimum absolute atomic E-state index is 0.0177. The monoisotopic (exact) mass is 532 g/mol. The van der Waals surface area contributed by atoms with E-state index in [1.54, 1.807) is 14.2 Å². The van der Waals surface area contributed by atoms with Gasteiger partial charge in [-0.25, -0.2) is 0 Å². The highest BCUT2D eigenvalue weighted by atomic mass is 16.5. The molecule has 202 valence electrons. The number of methoxy groups -OCH3 is 2. The maximum Gasteiger partial charge on any atom is 0.163 e. The fraction of sp³-hybridized carbons (Fsp3) is 0.206. The number of Topliss-reactive ketones (excluding diaryl/α,β-unsaturated/α-hetero) is 1. The predicted octanol–water partition coefficient (Wildman–Crippen LogP) is 7.26. The zero-order chi connectivity index (χ0) is 27.5. The summed E-state index contributed by atoms with van der Waals surface area (Å²) in [6.07, 6.45) is 1.11. The summed E-state index contributed by atoms with van der Waals surface area (Å²) in [6.45, 7) is 0.438. The Kier molecular flexibility index (Phi) is 7.15. The SMILES string of the molecule is COc1cc(C2Nc3ccccc3NC3=C2C(=O)CC(c2ccccc2OC)C3)ccc1OCc1ccccc1. The van der Waals surface area contributed by atoms with E-state index in [0.717, 1.165) is 45.1 Å². The Morgan fingerprint density at radius 2 is 1.48 bits per heavy atom. The second kappa shape index (κ2) is 11.2. The summed E-state index contributed by atoms with van der Waals surface area (Å²) in [5.41, 5.74) is 6.62. The number of hydrogen-bond donors (Lipinski definition) is 2. The summed E-state index contributed by atoms with van der Waals surface area (Å²) in [6, 6.07) is 31.6. The molecule has 40 heavy (non-hydrogen) atoms. The van der Waals surface area contributed by atoms with Crippen molar-refractivity contribution < 1.29 is 19.0 Å². The molecule has 6 nitrogen and oxygen atoms in total. The first-order valence-electron chi connectivity index (χ1n) is 13.5. The molecule has 0 bridgehead atoms. The fourth-order valence-electron chi connectivity index (χ4n) is 5.68. The van der Waals surface area contributed by atoms with Gasteiger partial charge >= 0.3 is 0 Å². The van der Waals surface area contributed by atoms with Crippen molar-refractivity contribution >= 4 is 17.2 Å². The van der Waals surface area contributed by atoms with Crippen LogP contribution in [0.5, 0.6) is 17.2 Å². The first-order valence-corrected chi connectivity index (χ1v) is 13.5. The summed E-state index contributed by atoms with van der Waals surface area (Å²) < 4.78 is 17.5. The van der Waals surface area contributed by atoms with Crippen LogP contribution < -0.4 is 24.8 Å². The molecule has 6 heteroatoms. The lowest BCUT2D eigenvalue weighted by Gasteiger charge is -2.30. The number of anilines is 2. The second-order valence-electron chi connectivity index (χ2n) is 10.1. The molecule has 0 aromatic heterocycles. The molecule has 4 aromatic carbocycles. The summed E-state index contributed by atoms with van der Waals surface area (Å²) in [7, 11) is 3.31. The van der Waals surface area contributed by atoms with Crippen LogP contribution in [-0.2, 0) is 11.4 Å². The van der Waals surface area contributed by atoms with Gasteiger partial charge < -0.3 is 24.8 Å². The number of carbonyl (C=O) groups is 1. The van der Waals surface area contributed by atoms with Gasteiger partial charge in [0.05, 0.1) is 31.6 Å². The van der Waals surface area contributed by atoms with Gasteiger partial charge in [-0.2, -0.15) is 0 Å². The number of rotatable bonds is 7. The average Bonchev–Trinajstić information content (AvgIpc) is 3.17. The summed E-state index contributed by atoms with van der Waals surface area (Å²) >= 11 is 0.